The quantitative estimate of drug-likeness (QED) is 0.798. The molecule has 0 spiro atoms. The summed E-state index contributed by atoms with van der Waals surface area (Å²) in [4.78, 5) is 13.0. The monoisotopic (exact) mass is 262 g/mol. The number of rotatable bonds is 6. The van der Waals surface area contributed by atoms with Crippen LogP contribution in [-0.2, 0) is 6.54 Å². The maximum Gasteiger partial charge on any atom is 0.335 e. The lowest BCUT2D eigenvalue weighted by atomic mass is 10.2. The minimum Gasteiger partial charge on any atom is -0.478 e. The summed E-state index contributed by atoms with van der Waals surface area (Å²) in [5.74, 6) is -0.942. The number of carboxylic acids is 1. The SMILES string of the molecule is CN(C)CCCCn1nnc2cc(C(=O)O)ccc21. The van der Waals surface area contributed by atoms with Gasteiger partial charge < -0.3 is 10.0 Å². The summed E-state index contributed by atoms with van der Waals surface area (Å²) in [5.41, 5.74) is 1.76. The van der Waals surface area contributed by atoms with E-state index in [1.165, 1.54) is 0 Å². The second-order valence-electron chi connectivity index (χ2n) is 4.83. The van der Waals surface area contributed by atoms with E-state index in [1.807, 2.05) is 4.68 Å². The number of aromatic carboxylic acids is 1. The number of aromatic nitrogens is 3. The van der Waals surface area contributed by atoms with E-state index in [1.54, 1.807) is 18.2 Å². The third-order valence-electron chi connectivity index (χ3n) is 2.99. The smallest absolute Gasteiger partial charge is 0.335 e. The third kappa shape index (κ3) is 3.29. The number of aryl methyl sites for hydroxylation is 1. The molecule has 0 atom stereocenters. The maximum atomic E-state index is 10.9. The van der Waals surface area contributed by atoms with Gasteiger partial charge in [-0.1, -0.05) is 5.21 Å². The molecule has 0 aliphatic heterocycles. The first kappa shape index (κ1) is 13.5. The molecule has 0 radical (unpaired) electrons. The molecule has 0 saturated heterocycles. The summed E-state index contributed by atoms with van der Waals surface area (Å²) < 4.78 is 1.83. The van der Waals surface area contributed by atoms with E-state index < -0.39 is 5.97 Å². The third-order valence-corrected chi connectivity index (χ3v) is 2.99. The highest BCUT2D eigenvalue weighted by atomic mass is 16.4. The Kier molecular flexibility index (Phi) is 4.11. The first-order valence-corrected chi connectivity index (χ1v) is 6.29. The second kappa shape index (κ2) is 5.79. The Morgan fingerprint density at radius 3 is 2.84 bits per heavy atom. The van der Waals surface area contributed by atoms with Crippen molar-refractivity contribution in [2.75, 3.05) is 20.6 Å². The lowest BCUT2D eigenvalue weighted by Gasteiger charge is -2.08. The van der Waals surface area contributed by atoms with Crippen LogP contribution >= 0.6 is 0 Å². The van der Waals surface area contributed by atoms with Crippen molar-refractivity contribution in [2.45, 2.75) is 19.4 Å². The molecule has 2 rings (SSSR count). The normalized spacial score (nSPS) is 11.3. The molecular formula is C13H18N4O2. The average Bonchev–Trinajstić information content (AvgIpc) is 2.76. The minimum atomic E-state index is -0.942. The molecule has 102 valence electrons. The fraction of sp³-hybridized carbons (Fsp3) is 0.462. The van der Waals surface area contributed by atoms with Gasteiger partial charge in [-0.15, -0.1) is 5.10 Å². The zero-order valence-corrected chi connectivity index (χ0v) is 11.2. The molecule has 0 saturated carbocycles. The van der Waals surface area contributed by atoms with Gasteiger partial charge in [0.05, 0.1) is 11.1 Å². The number of fused-ring (bicyclic) bond motifs is 1. The van der Waals surface area contributed by atoms with Crippen molar-refractivity contribution in [3.05, 3.63) is 23.8 Å². The molecule has 6 nitrogen and oxygen atoms in total. The van der Waals surface area contributed by atoms with Crippen molar-refractivity contribution in [3.63, 3.8) is 0 Å². The van der Waals surface area contributed by atoms with Gasteiger partial charge in [-0.3, -0.25) is 0 Å². The van der Waals surface area contributed by atoms with Crippen LogP contribution < -0.4 is 0 Å². The zero-order chi connectivity index (χ0) is 13.8. The number of carbonyl (C=O) groups is 1. The molecular weight excluding hydrogens is 244 g/mol. The molecule has 1 heterocycles. The van der Waals surface area contributed by atoms with E-state index in [0.29, 0.717) is 5.52 Å². The Hall–Kier alpha value is -1.95. The standard InChI is InChI=1S/C13H18N4O2/c1-16(2)7-3-4-8-17-12-6-5-10(13(18)19)9-11(12)14-15-17/h5-6,9H,3-4,7-8H2,1-2H3,(H,18,19). The molecule has 1 aromatic heterocycles. The van der Waals surface area contributed by atoms with Crippen LogP contribution in [0.4, 0.5) is 0 Å². The highest BCUT2D eigenvalue weighted by Gasteiger charge is 2.08. The van der Waals surface area contributed by atoms with Crippen LogP contribution in [0.2, 0.25) is 0 Å². The van der Waals surface area contributed by atoms with Crippen LogP contribution in [0.15, 0.2) is 18.2 Å². The van der Waals surface area contributed by atoms with Gasteiger partial charge in [0.1, 0.15) is 5.52 Å². The number of benzene rings is 1. The van der Waals surface area contributed by atoms with Crippen LogP contribution in [0.25, 0.3) is 11.0 Å². The van der Waals surface area contributed by atoms with Crippen LogP contribution in [0.5, 0.6) is 0 Å². The van der Waals surface area contributed by atoms with Crippen molar-refractivity contribution in [2.24, 2.45) is 0 Å². The summed E-state index contributed by atoms with van der Waals surface area (Å²) in [6.45, 7) is 1.85. The van der Waals surface area contributed by atoms with Gasteiger partial charge in [-0.2, -0.15) is 0 Å². The van der Waals surface area contributed by atoms with Gasteiger partial charge in [-0.05, 0) is 51.7 Å². The molecule has 2 aromatic rings. The Labute approximate surface area is 111 Å². The fourth-order valence-electron chi connectivity index (χ4n) is 1.96. The van der Waals surface area contributed by atoms with Crippen LogP contribution in [0.3, 0.4) is 0 Å². The topological polar surface area (TPSA) is 71.2 Å². The van der Waals surface area contributed by atoms with Crippen molar-refractivity contribution in [1.29, 1.82) is 0 Å². The molecule has 0 fully saturated rings. The summed E-state index contributed by atoms with van der Waals surface area (Å²) in [5, 5.41) is 17.0. The summed E-state index contributed by atoms with van der Waals surface area (Å²) in [6.07, 6.45) is 2.12. The first-order chi connectivity index (χ1) is 9.08. The summed E-state index contributed by atoms with van der Waals surface area (Å²) >= 11 is 0. The van der Waals surface area contributed by atoms with Gasteiger partial charge in [0.2, 0.25) is 0 Å². The van der Waals surface area contributed by atoms with Gasteiger partial charge >= 0.3 is 5.97 Å². The maximum absolute atomic E-state index is 10.9. The fourth-order valence-corrected chi connectivity index (χ4v) is 1.96. The van der Waals surface area contributed by atoms with Crippen molar-refractivity contribution in [1.82, 2.24) is 19.9 Å². The van der Waals surface area contributed by atoms with E-state index in [4.69, 9.17) is 5.11 Å². The molecule has 0 aliphatic carbocycles. The minimum absolute atomic E-state index is 0.243. The Morgan fingerprint density at radius 2 is 2.16 bits per heavy atom. The van der Waals surface area contributed by atoms with Gasteiger partial charge in [0, 0.05) is 6.54 Å². The second-order valence-corrected chi connectivity index (χ2v) is 4.83. The van der Waals surface area contributed by atoms with Gasteiger partial charge in [0.15, 0.2) is 0 Å². The van der Waals surface area contributed by atoms with Crippen molar-refractivity contribution in [3.8, 4) is 0 Å². The number of unbranched alkanes of at least 4 members (excludes halogenated alkanes) is 1. The van der Waals surface area contributed by atoms with E-state index >= 15 is 0 Å². The molecule has 6 heteroatoms. The van der Waals surface area contributed by atoms with E-state index in [2.05, 4.69) is 29.3 Å². The zero-order valence-electron chi connectivity index (χ0n) is 11.2. The predicted molar refractivity (Wildman–Crippen MR) is 72.3 cm³/mol. The van der Waals surface area contributed by atoms with Crippen LogP contribution in [0.1, 0.15) is 23.2 Å². The highest BCUT2D eigenvalue weighted by molar-refractivity contribution is 5.92. The first-order valence-electron chi connectivity index (χ1n) is 6.29. The Bertz CT molecular complexity index is 577. The summed E-state index contributed by atoms with van der Waals surface area (Å²) in [6, 6.07) is 4.91. The molecule has 0 aliphatic rings. The lowest BCUT2D eigenvalue weighted by molar-refractivity contribution is 0.0697. The predicted octanol–water partition coefficient (Wildman–Crippen LogP) is 1.47. The number of carboxylic acid groups (broad SMARTS) is 1. The van der Waals surface area contributed by atoms with E-state index in [-0.39, 0.29) is 5.56 Å². The summed E-state index contributed by atoms with van der Waals surface area (Å²) in [7, 11) is 4.11. The molecule has 1 N–H and O–H groups in total. The van der Waals surface area contributed by atoms with Crippen molar-refractivity contribution >= 4 is 17.0 Å². The number of hydrogen-bond donors (Lipinski definition) is 1. The van der Waals surface area contributed by atoms with Gasteiger partial charge in [-0.25, -0.2) is 9.48 Å². The highest BCUT2D eigenvalue weighted by Crippen LogP contribution is 2.14. The molecule has 0 bridgehead atoms. The Morgan fingerprint density at radius 1 is 1.37 bits per heavy atom. The van der Waals surface area contributed by atoms with E-state index in [9.17, 15) is 4.79 Å². The molecule has 0 unspecified atom stereocenters. The lowest BCUT2D eigenvalue weighted by Crippen LogP contribution is -2.13. The van der Waals surface area contributed by atoms with Gasteiger partial charge in [0.25, 0.3) is 0 Å². The number of nitrogens with zero attached hydrogens (tertiary/aromatic N) is 4. The molecule has 0 amide bonds. The van der Waals surface area contributed by atoms with Crippen LogP contribution in [-0.4, -0.2) is 51.6 Å². The molecule has 1 aromatic carbocycles. The average molecular weight is 262 g/mol. The van der Waals surface area contributed by atoms with E-state index in [0.717, 1.165) is 31.4 Å². The van der Waals surface area contributed by atoms with Crippen molar-refractivity contribution < 1.29 is 9.90 Å². The largest absolute Gasteiger partial charge is 0.478 e. The Balaban J connectivity index is 2.06. The number of hydrogen-bond acceptors (Lipinski definition) is 4. The van der Waals surface area contributed by atoms with Crippen LogP contribution in [0, 0.1) is 0 Å². The molecule has 19 heavy (non-hydrogen) atoms.